The Kier molecular flexibility index (Phi) is 7.49. The molecule has 1 heterocycles. The third-order valence-electron chi connectivity index (χ3n) is 5.08. The molecule has 0 radical (unpaired) electrons. The molecule has 0 unspecified atom stereocenters. The zero-order valence-corrected chi connectivity index (χ0v) is 17.2. The number of ether oxygens (including phenoxy) is 1. The highest BCUT2D eigenvalue weighted by Gasteiger charge is 2.17. The second kappa shape index (κ2) is 10.3. The van der Waals surface area contributed by atoms with Crippen LogP contribution in [0.5, 0.6) is 5.75 Å². The average molecular weight is 416 g/mol. The molecule has 2 aromatic rings. The maximum atomic E-state index is 12.8. The van der Waals surface area contributed by atoms with Gasteiger partial charge in [-0.1, -0.05) is 17.7 Å². The molecule has 0 spiro atoms. The van der Waals surface area contributed by atoms with Crippen molar-refractivity contribution < 1.29 is 14.3 Å². The second-order valence-corrected chi connectivity index (χ2v) is 7.45. The van der Waals surface area contributed by atoms with Gasteiger partial charge in [-0.25, -0.2) is 0 Å². The number of ketones is 1. The van der Waals surface area contributed by atoms with Crippen LogP contribution in [0.15, 0.2) is 42.5 Å². The Bertz CT molecular complexity index is 849. The van der Waals surface area contributed by atoms with Gasteiger partial charge < -0.3 is 20.7 Å². The largest absolute Gasteiger partial charge is 0.497 e. The number of rotatable bonds is 8. The number of benzene rings is 2. The summed E-state index contributed by atoms with van der Waals surface area (Å²) in [6, 6.07) is 12.0. The van der Waals surface area contributed by atoms with Crippen molar-refractivity contribution in [2.24, 2.45) is 5.92 Å². The SMILES string of the molecule is COc1ccc(C(=O)c2cccc(NCC(=O)NCC3CCNCC3)c2Cl)cc1. The minimum Gasteiger partial charge on any atom is -0.497 e. The summed E-state index contributed by atoms with van der Waals surface area (Å²) in [5.41, 5.74) is 1.46. The standard InChI is InChI=1S/C22H26ClN3O3/c1-29-17-7-5-16(6-8-17)22(28)18-3-2-4-19(21(18)23)25-14-20(27)26-13-15-9-11-24-12-10-15/h2-8,15,24-25H,9-14H2,1H3,(H,26,27). The minimum absolute atomic E-state index is 0.0912. The van der Waals surface area contributed by atoms with Gasteiger partial charge in [0.15, 0.2) is 5.78 Å². The fraction of sp³-hybridized carbons (Fsp3) is 0.364. The topological polar surface area (TPSA) is 79.5 Å². The lowest BCUT2D eigenvalue weighted by molar-refractivity contribution is -0.119. The number of halogens is 1. The van der Waals surface area contributed by atoms with Crippen LogP contribution in [0.2, 0.25) is 5.02 Å². The van der Waals surface area contributed by atoms with Crippen molar-refractivity contribution in [3.8, 4) is 5.75 Å². The normalized spacial score (nSPS) is 14.3. The maximum absolute atomic E-state index is 12.8. The van der Waals surface area contributed by atoms with Crippen LogP contribution in [0.4, 0.5) is 5.69 Å². The van der Waals surface area contributed by atoms with Crippen molar-refractivity contribution in [3.05, 3.63) is 58.6 Å². The van der Waals surface area contributed by atoms with E-state index in [-0.39, 0.29) is 18.2 Å². The molecule has 7 heteroatoms. The Morgan fingerprint density at radius 2 is 1.86 bits per heavy atom. The van der Waals surface area contributed by atoms with Crippen LogP contribution in [0.25, 0.3) is 0 Å². The first kappa shape index (κ1) is 21.1. The van der Waals surface area contributed by atoms with Crippen LogP contribution in [0.3, 0.4) is 0 Å². The van der Waals surface area contributed by atoms with Gasteiger partial charge in [0.05, 0.1) is 24.4 Å². The molecule has 2 aromatic carbocycles. The van der Waals surface area contributed by atoms with Gasteiger partial charge in [-0.3, -0.25) is 9.59 Å². The predicted molar refractivity (Wildman–Crippen MR) is 115 cm³/mol. The molecule has 3 N–H and O–H groups in total. The zero-order valence-electron chi connectivity index (χ0n) is 16.5. The lowest BCUT2D eigenvalue weighted by Crippen LogP contribution is -2.38. The van der Waals surface area contributed by atoms with Crippen LogP contribution in [-0.2, 0) is 4.79 Å². The van der Waals surface area contributed by atoms with Crippen LogP contribution in [0.1, 0.15) is 28.8 Å². The van der Waals surface area contributed by atoms with Gasteiger partial charge in [-0.05, 0) is 68.2 Å². The van der Waals surface area contributed by atoms with Gasteiger partial charge in [-0.15, -0.1) is 0 Å². The highest BCUT2D eigenvalue weighted by Crippen LogP contribution is 2.28. The number of carbonyl (C=O) groups is 2. The van der Waals surface area contributed by atoms with Gasteiger partial charge in [-0.2, -0.15) is 0 Å². The smallest absolute Gasteiger partial charge is 0.239 e. The molecule has 0 aromatic heterocycles. The molecule has 1 fully saturated rings. The molecule has 154 valence electrons. The van der Waals surface area contributed by atoms with Gasteiger partial charge in [0, 0.05) is 17.7 Å². The summed E-state index contributed by atoms with van der Waals surface area (Å²) in [5, 5.41) is 9.62. The van der Waals surface area contributed by atoms with E-state index in [1.165, 1.54) is 0 Å². The third-order valence-corrected chi connectivity index (χ3v) is 5.49. The Hall–Kier alpha value is -2.57. The van der Waals surface area contributed by atoms with Crippen LogP contribution in [-0.4, -0.2) is 45.0 Å². The number of piperidine rings is 1. The van der Waals surface area contributed by atoms with Crippen molar-refractivity contribution in [3.63, 3.8) is 0 Å². The van der Waals surface area contributed by atoms with Gasteiger partial charge >= 0.3 is 0 Å². The summed E-state index contributed by atoms with van der Waals surface area (Å²) < 4.78 is 5.12. The highest BCUT2D eigenvalue weighted by molar-refractivity contribution is 6.37. The first-order valence-corrected chi connectivity index (χ1v) is 10.1. The van der Waals surface area contributed by atoms with E-state index in [1.807, 2.05) is 0 Å². The van der Waals surface area contributed by atoms with Crippen LogP contribution < -0.4 is 20.7 Å². The summed E-state index contributed by atoms with van der Waals surface area (Å²) in [7, 11) is 1.57. The van der Waals surface area contributed by atoms with E-state index in [1.54, 1.807) is 49.6 Å². The summed E-state index contributed by atoms with van der Waals surface area (Å²) >= 11 is 6.45. The Labute approximate surface area is 176 Å². The molecule has 1 aliphatic rings. The monoisotopic (exact) mass is 415 g/mol. The Morgan fingerprint density at radius 1 is 1.14 bits per heavy atom. The molecule has 29 heavy (non-hydrogen) atoms. The summed E-state index contributed by atoms with van der Waals surface area (Å²) in [6.45, 7) is 2.80. The molecule has 1 amide bonds. The van der Waals surface area contributed by atoms with Gasteiger partial charge in [0.25, 0.3) is 0 Å². The van der Waals surface area contributed by atoms with Crippen LogP contribution >= 0.6 is 11.6 Å². The quantitative estimate of drug-likeness (QED) is 0.577. The van der Waals surface area contributed by atoms with Crippen molar-refractivity contribution in [2.45, 2.75) is 12.8 Å². The van der Waals surface area contributed by atoms with Crippen molar-refractivity contribution in [1.82, 2.24) is 10.6 Å². The Balaban J connectivity index is 1.59. The maximum Gasteiger partial charge on any atom is 0.239 e. The molecule has 1 aliphatic heterocycles. The number of anilines is 1. The molecule has 0 atom stereocenters. The van der Waals surface area contributed by atoms with Crippen molar-refractivity contribution in [2.75, 3.05) is 38.6 Å². The molecular formula is C22H26ClN3O3. The lowest BCUT2D eigenvalue weighted by Gasteiger charge is -2.22. The summed E-state index contributed by atoms with van der Waals surface area (Å²) in [5.74, 6) is 0.927. The number of carbonyl (C=O) groups excluding carboxylic acids is 2. The van der Waals surface area contributed by atoms with Gasteiger partial charge in [0.2, 0.25) is 5.91 Å². The van der Waals surface area contributed by atoms with Crippen molar-refractivity contribution >= 4 is 29.0 Å². The number of nitrogens with one attached hydrogen (secondary N) is 3. The molecule has 0 aliphatic carbocycles. The molecule has 0 bridgehead atoms. The number of methoxy groups -OCH3 is 1. The molecule has 6 nitrogen and oxygen atoms in total. The van der Waals surface area contributed by atoms with Crippen LogP contribution in [0, 0.1) is 5.92 Å². The number of hydrogen-bond donors (Lipinski definition) is 3. The number of hydrogen-bond acceptors (Lipinski definition) is 5. The molecule has 0 saturated carbocycles. The fourth-order valence-electron chi connectivity index (χ4n) is 3.32. The molecule has 1 saturated heterocycles. The van der Waals surface area contributed by atoms with E-state index < -0.39 is 0 Å². The number of amides is 1. The summed E-state index contributed by atoms with van der Waals surface area (Å²) in [4.78, 5) is 25.0. The average Bonchev–Trinajstić information content (AvgIpc) is 2.77. The first-order chi connectivity index (χ1) is 14.1. The Morgan fingerprint density at radius 3 is 2.55 bits per heavy atom. The van der Waals surface area contributed by atoms with E-state index in [2.05, 4.69) is 16.0 Å². The van der Waals surface area contributed by atoms with Gasteiger partial charge in [0.1, 0.15) is 5.75 Å². The van der Waals surface area contributed by atoms with Crippen molar-refractivity contribution in [1.29, 1.82) is 0 Å². The first-order valence-electron chi connectivity index (χ1n) is 9.77. The highest BCUT2D eigenvalue weighted by atomic mass is 35.5. The fourth-order valence-corrected chi connectivity index (χ4v) is 3.60. The summed E-state index contributed by atoms with van der Waals surface area (Å²) in [6.07, 6.45) is 2.16. The van der Waals surface area contributed by atoms with E-state index in [9.17, 15) is 9.59 Å². The lowest BCUT2D eigenvalue weighted by atomic mass is 9.98. The predicted octanol–water partition coefficient (Wildman–Crippen LogP) is 3.11. The van der Waals surface area contributed by atoms with E-state index in [0.717, 1.165) is 25.9 Å². The minimum atomic E-state index is -0.184. The van der Waals surface area contributed by atoms with E-state index in [4.69, 9.17) is 16.3 Å². The van der Waals surface area contributed by atoms with E-state index >= 15 is 0 Å². The second-order valence-electron chi connectivity index (χ2n) is 7.08. The third kappa shape index (κ3) is 5.71. The molecule has 3 rings (SSSR count). The zero-order chi connectivity index (χ0) is 20.6. The molecular weight excluding hydrogens is 390 g/mol. The van der Waals surface area contributed by atoms with E-state index in [0.29, 0.717) is 40.0 Å².